The smallest absolute Gasteiger partial charge is 0.267 e. The van der Waals surface area contributed by atoms with Crippen molar-refractivity contribution in [3.63, 3.8) is 0 Å². The zero-order chi connectivity index (χ0) is 36.5. The number of aromatic nitrogens is 1. The van der Waals surface area contributed by atoms with Gasteiger partial charge in [0.05, 0.1) is 36.2 Å². The zero-order valence-corrected chi connectivity index (χ0v) is 30.5. The van der Waals surface area contributed by atoms with Crippen LogP contribution in [0, 0.1) is 6.92 Å². The molecule has 0 saturated carbocycles. The molecule has 0 unspecified atom stereocenters. The van der Waals surface area contributed by atoms with Gasteiger partial charge in [-0.15, -0.1) is 11.3 Å². The Kier molecular flexibility index (Phi) is 18.0. The fourth-order valence-electron chi connectivity index (χ4n) is 4.77. The zero-order valence-electron chi connectivity index (χ0n) is 28.9. The molecule has 2 aromatic rings. The molecule has 0 aliphatic rings. The number of hydrogen-bond acceptors (Lipinski definition) is 12. The molecule has 274 valence electrons. The van der Waals surface area contributed by atoms with Gasteiger partial charge in [-0.3, -0.25) is 23.4 Å². The van der Waals surface area contributed by atoms with E-state index in [0.717, 1.165) is 43.9 Å². The van der Waals surface area contributed by atoms with Crippen molar-refractivity contribution in [1.29, 1.82) is 0 Å². The Morgan fingerprint density at radius 3 is 2.04 bits per heavy atom. The summed E-state index contributed by atoms with van der Waals surface area (Å²) in [6, 6.07) is 4.82. The third kappa shape index (κ3) is 15.0. The molecule has 14 nitrogen and oxygen atoms in total. The van der Waals surface area contributed by atoms with Crippen molar-refractivity contribution in [3.8, 4) is 0 Å². The van der Waals surface area contributed by atoms with Gasteiger partial charge >= 0.3 is 0 Å². The van der Waals surface area contributed by atoms with Gasteiger partial charge in [-0.25, -0.2) is 4.98 Å². The summed E-state index contributed by atoms with van der Waals surface area (Å²) in [7, 11) is -1.37. The highest BCUT2D eigenvalue weighted by molar-refractivity contribution is 7.86. The van der Waals surface area contributed by atoms with Crippen LogP contribution in [0.1, 0.15) is 72.6 Å². The predicted molar refractivity (Wildman–Crippen MR) is 185 cm³/mol. The summed E-state index contributed by atoms with van der Waals surface area (Å²) in [6.45, 7) is 3.58. The maximum absolute atomic E-state index is 13.7. The molecule has 0 saturated heterocycles. The Balaban J connectivity index is 2.17. The number of nitrogens with one attached hydrogen (secondary N) is 3. The number of thiazole rings is 1. The number of nitrogens with zero attached hydrogens (tertiary/aromatic N) is 1. The van der Waals surface area contributed by atoms with Gasteiger partial charge in [-0.1, -0.05) is 69.4 Å². The number of unbranched alkanes of at least 4 members (excludes halogenated alkanes) is 5. The summed E-state index contributed by atoms with van der Waals surface area (Å²) in [5.41, 5.74) is -1.66. The lowest BCUT2D eigenvalue weighted by Crippen LogP contribution is -2.60. The number of rotatable bonds is 24. The summed E-state index contributed by atoms with van der Waals surface area (Å²) in [4.78, 5) is 57.6. The maximum atomic E-state index is 13.7. The summed E-state index contributed by atoms with van der Waals surface area (Å²) >= 11 is 1.14. The highest BCUT2D eigenvalue weighted by Gasteiger charge is 2.39. The van der Waals surface area contributed by atoms with Crippen molar-refractivity contribution in [2.45, 2.75) is 89.4 Å². The lowest BCUT2D eigenvalue weighted by Gasteiger charge is -2.29. The van der Waals surface area contributed by atoms with E-state index in [-0.39, 0.29) is 30.3 Å². The van der Waals surface area contributed by atoms with Crippen LogP contribution in [-0.2, 0) is 44.6 Å². The van der Waals surface area contributed by atoms with Gasteiger partial charge in [0.2, 0.25) is 11.8 Å². The van der Waals surface area contributed by atoms with E-state index in [1.54, 1.807) is 37.3 Å². The Bertz CT molecular complexity index is 1450. The molecule has 0 fully saturated rings. The van der Waals surface area contributed by atoms with E-state index in [2.05, 4.69) is 27.9 Å². The molecule has 49 heavy (non-hydrogen) atoms. The van der Waals surface area contributed by atoms with Gasteiger partial charge in [-0.2, -0.15) is 8.42 Å². The van der Waals surface area contributed by atoms with E-state index in [1.165, 1.54) is 20.4 Å². The fourth-order valence-corrected chi connectivity index (χ4v) is 6.53. The molecule has 1 aromatic heterocycles. The highest BCUT2D eigenvalue weighted by Crippen LogP contribution is 2.16. The summed E-state index contributed by atoms with van der Waals surface area (Å²) in [5, 5.41) is 19.5. The Morgan fingerprint density at radius 2 is 1.47 bits per heavy atom. The van der Waals surface area contributed by atoms with Gasteiger partial charge in [0.15, 0.2) is 5.78 Å². The number of hydrogen-bond donors (Lipinski definition) is 4. The number of ketones is 1. The minimum Gasteiger partial charge on any atom is -0.382 e. The second kappa shape index (κ2) is 21.1. The number of aliphatic hydroxyl groups is 1. The highest BCUT2D eigenvalue weighted by atomic mass is 32.2. The van der Waals surface area contributed by atoms with Gasteiger partial charge in [0.1, 0.15) is 29.2 Å². The van der Waals surface area contributed by atoms with Gasteiger partial charge in [0, 0.05) is 14.2 Å². The number of carbonyl (C=O) groups excluding carboxylic acids is 4. The SMILES string of the molecule is CCCCCCCCS(=O)(=O)OC[C@@](C)(O)C(=O)[C@H](Cc1ccccc1)NC(=O)[C@H](COC)NC(=O)[C@H](COC)NC(=O)c1cnc(C)s1. The van der Waals surface area contributed by atoms with Crippen molar-refractivity contribution in [2.75, 3.05) is 39.8 Å². The lowest BCUT2D eigenvalue weighted by molar-refractivity contribution is -0.143. The molecule has 0 aliphatic carbocycles. The van der Waals surface area contributed by atoms with E-state index < -0.39 is 64.0 Å². The van der Waals surface area contributed by atoms with Crippen LogP contribution >= 0.6 is 11.3 Å². The van der Waals surface area contributed by atoms with E-state index in [1.807, 2.05) is 0 Å². The second-order valence-corrected chi connectivity index (χ2v) is 14.9. The van der Waals surface area contributed by atoms with E-state index in [4.69, 9.17) is 13.7 Å². The van der Waals surface area contributed by atoms with Crippen molar-refractivity contribution in [2.24, 2.45) is 0 Å². The molecule has 16 heteroatoms. The minimum absolute atomic E-state index is 0.0592. The van der Waals surface area contributed by atoms with Crippen molar-refractivity contribution < 1.29 is 46.4 Å². The van der Waals surface area contributed by atoms with Gasteiger partial charge in [-0.05, 0) is 32.3 Å². The van der Waals surface area contributed by atoms with Crippen LogP contribution in [0.2, 0.25) is 0 Å². The Morgan fingerprint density at radius 1 is 0.898 bits per heavy atom. The number of Topliss-reactive ketones (excluding diaryl/α,β-unsaturated/α-hetero) is 1. The number of amides is 3. The average molecular weight is 727 g/mol. The first kappa shape index (κ1) is 41.9. The predicted octanol–water partition coefficient (Wildman–Crippen LogP) is 2.08. The molecule has 0 spiro atoms. The quantitative estimate of drug-likeness (QED) is 0.0913. The summed E-state index contributed by atoms with van der Waals surface area (Å²) in [5.74, 6) is -3.28. The summed E-state index contributed by atoms with van der Waals surface area (Å²) in [6.07, 6.45) is 6.49. The van der Waals surface area contributed by atoms with Crippen LogP contribution in [0.4, 0.5) is 0 Å². The first-order valence-electron chi connectivity index (χ1n) is 16.2. The molecule has 1 aromatic carbocycles. The number of methoxy groups -OCH3 is 2. The van der Waals surface area contributed by atoms with Gasteiger partial charge in [0.25, 0.3) is 16.0 Å². The third-order valence-corrected chi connectivity index (χ3v) is 9.66. The largest absolute Gasteiger partial charge is 0.382 e. The Labute approximate surface area is 292 Å². The van der Waals surface area contributed by atoms with Crippen LogP contribution < -0.4 is 16.0 Å². The van der Waals surface area contributed by atoms with Crippen LogP contribution in [0.3, 0.4) is 0 Å². The van der Waals surface area contributed by atoms with Crippen LogP contribution in [0.5, 0.6) is 0 Å². The molecular formula is C33H50N4O10S2. The number of ether oxygens (including phenoxy) is 2. The molecule has 3 amide bonds. The topological polar surface area (TPSA) is 199 Å². The number of benzene rings is 1. The molecule has 0 aliphatic heterocycles. The Hall–Kier alpha value is -3.28. The van der Waals surface area contributed by atoms with Crippen LogP contribution in [0.15, 0.2) is 36.5 Å². The van der Waals surface area contributed by atoms with Crippen molar-refractivity contribution in [1.82, 2.24) is 20.9 Å². The fraction of sp³-hybridized carbons (Fsp3) is 0.606. The van der Waals surface area contributed by atoms with E-state index >= 15 is 0 Å². The van der Waals surface area contributed by atoms with Crippen LogP contribution in [-0.4, -0.2) is 106 Å². The van der Waals surface area contributed by atoms with Crippen molar-refractivity contribution >= 4 is 45.0 Å². The van der Waals surface area contributed by atoms with Crippen molar-refractivity contribution in [3.05, 3.63) is 52.0 Å². The van der Waals surface area contributed by atoms with Gasteiger partial charge < -0.3 is 30.5 Å². The summed E-state index contributed by atoms with van der Waals surface area (Å²) < 4.78 is 40.4. The molecule has 4 N–H and O–H groups in total. The number of aryl methyl sites for hydroxylation is 1. The lowest BCUT2D eigenvalue weighted by atomic mass is 9.91. The average Bonchev–Trinajstić information content (AvgIpc) is 3.51. The monoisotopic (exact) mass is 726 g/mol. The minimum atomic E-state index is -4.03. The normalized spacial score (nSPS) is 14.7. The maximum Gasteiger partial charge on any atom is 0.267 e. The molecule has 0 bridgehead atoms. The van der Waals surface area contributed by atoms with Crippen LogP contribution in [0.25, 0.3) is 0 Å². The first-order valence-corrected chi connectivity index (χ1v) is 18.6. The standard InChI is InChI=1S/C33H50N4O10S2/c1-6-7-8-9-10-14-17-49(43,44)47-22-33(3,42)29(38)25(18-24-15-12-11-13-16-24)35-30(39)26(20-45-4)36-31(40)27(21-46-5)37-32(41)28-19-34-23(2)48-28/h11-13,15-16,19,25-27,42H,6-10,14,17-18,20-22H2,1-5H3,(H,35,39)(H,36,40)(H,37,41)/t25-,26-,27-,33+/m0/s1. The van der Waals surface area contributed by atoms with E-state index in [0.29, 0.717) is 23.4 Å². The third-order valence-electron chi connectivity index (χ3n) is 7.48. The molecule has 0 radical (unpaired) electrons. The van der Waals surface area contributed by atoms with E-state index in [9.17, 15) is 32.7 Å². The molecule has 2 rings (SSSR count). The molecule has 4 atom stereocenters. The molecule has 1 heterocycles. The number of carbonyl (C=O) groups is 4. The molecular weight excluding hydrogens is 677 g/mol. The first-order chi connectivity index (χ1) is 23.2. The second-order valence-electron chi connectivity index (χ2n) is 11.9.